The highest BCUT2D eigenvalue weighted by atomic mass is 15.2. The number of aryl methyl sites for hydroxylation is 1. The van der Waals surface area contributed by atoms with Crippen molar-refractivity contribution >= 4 is 5.69 Å². The van der Waals surface area contributed by atoms with E-state index in [1.807, 2.05) is 12.4 Å². The van der Waals surface area contributed by atoms with E-state index < -0.39 is 0 Å². The van der Waals surface area contributed by atoms with Gasteiger partial charge < -0.3 is 10.2 Å². The molecule has 1 aromatic heterocycles. The monoisotopic (exact) mass is 261 g/mol. The van der Waals surface area contributed by atoms with Crippen LogP contribution in [0.4, 0.5) is 5.69 Å². The topological polar surface area (TPSA) is 28.2 Å². The van der Waals surface area contributed by atoms with Crippen molar-refractivity contribution in [2.24, 2.45) is 5.92 Å². The lowest BCUT2D eigenvalue weighted by Crippen LogP contribution is -2.53. The molecule has 1 N–H and O–H groups in total. The first-order chi connectivity index (χ1) is 9.15. The summed E-state index contributed by atoms with van der Waals surface area (Å²) < 4.78 is 0. The Balaban J connectivity index is 2.09. The molecule has 3 nitrogen and oxygen atoms in total. The molecule has 0 radical (unpaired) electrons. The van der Waals surface area contributed by atoms with Crippen LogP contribution in [0, 0.1) is 12.8 Å². The molecule has 2 heterocycles. The standard InChI is InChI=1S/C16H27N3/c1-5-8-18-15-7-10-19(14(4)13(15)3)16-11-17-9-6-12(16)2/h6,9,11,13-15,18H,5,7-8,10H2,1-4H3. The zero-order valence-electron chi connectivity index (χ0n) is 12.7. The third-order valence-corrected chi connectivity index (χ3v) is 4.55. The van der Waals surface area contributed by atoms with Crippen molar-refractivity contribution in [1.82, 2.24) is 10.3 Å². The van der Waals surface area contributed by atoms with E-state index in [0.717, 1.165) is 13.1 Å². The first-order valence-corrected chi connectivity index (χ1v) is 7.55. The van der Waals surface area contributed by atoms with Gasteiger partial charge in [0.25, 0.3) is 0 Å². The third kappa shape index (κ3) is 3.08. The smallest absolute Gasteiger partial charge is 0.0584 e. The summed E-state index contributed by atoms with van der Waals surface area (Å²) in [4.78, 5) is 6.82. The minimum Gasteiger partial charge on any atom is -0.367 e. The van der Waals surface area contributed by atoms with Crippen LogP contribution in [0.2, 0.25) is 0 Å². The van der Waals surface area contributed by atoms with E-state index in [9.17, 15) is 0 Å². The Kier molecular flexibility index (Phi) is 4.81. The molecule has 3 heteroatoms. The van der Waals surface area contributed by atoms with E-state index in [2.05, 4.69) is 49.0 Å². The Bertz CT molecular complexity index is 405. The van der Waals surface area contributed by atoms with Crippen molar-refractivity contribution in [1.29, 1.82) is 0 Å². The van der Waals surface area contributed by atoms with Crippen LogP contribution in [-0.4, -0.2) is 30.2 Å². The lowest BCUT2D eigenvalue weighted by atomic mass is 9.86. The molecule has 2 rings (SSSR count). The average Bonchev–Trinajstić information content (AvgIpc) is 2.42. The molecule has 1 fully saturated rings. The van der Waals surface area contributed by atoms with Gasteiger partial charge in [-0.2, -0.15) is 0 Å². The van der Waals surface area contributed by atoms with Crippen LogP contribution in [0.25, 0.3) is 0 Å². The second kappa shape index (κ2) is 6.38. The molecule has 1 aliphatic heterocycles. The minimum atomic E-state index is 0.561. The molecule has 1 saturated heterocycles. The Morgan fingerprint density at radius 3 is 2.89 bits per heavy atom. The highest BCUT2D eigenvalue weighted by Gasteiger charge is 2.32. The van der Waals surface area contributed by atoms with Crippen LogP contribution >= 0.6 is 0 Å². The fourth-order valence-corrected chi connectivity index (χ4v) is 3.08. The van der Waals surface area contributed by atoms with Gasteiger partial charge in [-0.15, -0.1) is 0 Å². The van der Waals surface area contributed by atoms with Crippen molar-refractivity contribution in [3.8, 4) is 0 Å². The number of pyridine rings is 1. The highest BCUT2D eigenvalue weighted by Crippen LogP contribution is 2.30. The van der Waals surface area contributed by atoms with Crippen LogP contribution in [0.15, 0.2) is 18.5 Å². The summed E-state index contributed by atoms with van der Waals surface area (Å²) in [6, 6.07) is 3.32. The van der Waals surface area contributed by atoms with Gasteiger partial charge in [0, 0.05) is 24.8 Å². The van der Waals surface area contributed by atoms with Gasteiger partial charge in [0.2, 0.25) is 0 Å². The number of hydrogen-bond donors (Lipinski definition) is 1. The Labute approximate surface area is 117 Å². The SMILES string of the molecule is CCCNC1CCN(c2cnccc2C)C(C)C1C. The molecule has 3 unspecified atom stereocenters. The number of nitrogens with one attached hydrogen (secondary N) is 1. The number of aromatic nitrogens is 1. The molecule has 3 atom stereocenters. The largest absolute Gasteiger partial charge is 0.367 e. The first kappa shape index (κ1) is 14.3. The molecule has 0 aliphatic carbocycles. The van der Waals surface area contributed by atoms with Gasteiger partial charge in [0.05, 0.1) is 11.9 Å². The van der Waals surface area contributed by atoms with Crippen molar-refractivity contribution in [2.45, 2.75) is 52.6 Å². The van der Waals surface area contributed by atoms with Crippen LogP contribution in [-0.2, 0) is 0 Å². The number of piperidine rings is 1. The normalized spacial score (nSPS) is 27.6. The number of anilines is 1. The zero-order valence-corrected chi connectivity index (χ0v) is 12.7. The lowest BCUT2D eigenvalue weighted by molar-refractivity contribution is 0.271. The van der Waals surface area contributed by atoms with Gasteiger partial charge in [-0.1, -0.05) is 13.8 Å². The molecule has 0 amide bonds. The van der Waals surface area contributed by atoms with Crippen molar-refractivity contribution in [3.05, 3.63) is 24.0 Å². The van der Waals surface area contributed by atoms with E-state index in [1.54, 1.807) is 0 Å². The van der Waals surface area contributed by atoms with Crippen LogP contribution in [0.5, 0.6) is 0 Å². The molecular formula is C16H27N3. The summed E-state index contributed by atoms with van der Waals surface area (Å²) in [5, 5.41) is 3.70. The number of rotatable bonds is 4. The predicted octanol–water partition coefficient (Wildman–Crippen LogP) is 2.99. The summed E-state index contributed by atoms with van der Waals surface area (Å²) in [5.74, 6) is 0.667. The summed E-state index contributed by atoms with van der Waals surface area (Å²) in [5.41, 5.74) is 2.63. The maximum absolute atomic E-state index is 4.29. The molecular weight excluding hydrogens is 234 g/mol. The predicted molar refractivity (Wildman–Crippen MR) is 81.6 cm³/mol. The van der Waals surface area contributed by atoms with E-state index >= 15 is 0 Å². The Hall–Kier alpha value is -1.09. The molecule has 106 valence electrons. The van der Waals surface area contributed by atoms with Gasteiger partial charge in [0.15, 0.2) is 0 Å². The third-order valence-electron chi connectivity index (χ3n) is 4.55. The fourth-order valence-electron chi connectivity index (χ4n) is 3.08. The quantitative estimate of drug-likeness (QED) is 0.903. The van der Waals surface area contributed by atoms with E-state index in [-0.39, 0.29) is 0 Å². The highest BCUT2D eigenvalue weighted by molar-refractivity contribution is 5.52. The zero-order chi connectivity index (χ0) is 13.8. The van der Waals surface area contributed by atoms with Gasteiger partial charge in [0.1, 0.15) is 0 Å². The first-order valence-electron chi connectivity index (χ1n) is 7.55. The van der Waals surface area contributed by atoms with E-state index in [0.29, 0.717) is 18.0 Å². The summed E-state index contributed by atoms with van der Waals surface area (Å²) in [6.45, 7) is 11.4. The summed E-state index contributed by atoms with van der Waals surface area (Å²) in [7, 11) is 0. The molecule has 0 saturated carbocycles. The van der Waals surface area contributed by atoms with Crippen molar-refractivity contribution in [2.75, 3.05) is 18.0 Å². The van der Waals surface area contributed by atoms with Crippen LogP contribution < -0.4 is 10.2 Å². The number of hydrogen-bond acceptors (Lipinski definition) is 3. The fraction of sp³-hybridized carbons (Fsp3) is 0.688. The molecule has 19 heavy (non-hydrogen) atoms. The average molecular weight is 261 g/mol. The summed E-state index contributed by atoms with van der Waals surface area (Å²) >= 11 is 0. The van der Waals surface area contributed by atoms with Crippen molar-refractivity contribution < 1.29 is 0 Å². The van der Waals surface area contributed by atoms with Crippen LogP contribution in [0.1, 0.15) is 39.2 Å². The molecule has 0 spiro atoms. The van der Waals surface area contributed by atoms with Gasteiger partial charge in [-0.25, -0.2) is 0 Å². The Morgan fingerprint density at radius 1 is 1.42 bits per heavy atom. The molecule has 1 aromatic rings. The molecule has 1 aliphatic rings. The van der Waals surface area contributed by atoms with Gasteiger partial charge in [-0.05, 0) is 50.8 Å². The van der Waals surface area contributed by atoms with Gasteiger partial charge in [-0.3, -0.25) is 4.98 Å². The maximum Gasteiger partial charge on any atom is 0.0584 e. The summed E-state index contributed by atoms with van der Waals surface area (Å²) in [6.07, 6.45) is 6.32. The lowest BCUT2D eigenvalue weighted by Gasteiger charge is -2.44. The van der Waals surface area contributed by atoms with Gasteiger partial charge >= 0.3 is 0 Å². The van der Waals surface area contributed by atoms with Crippen molar-refractivity contribution in [3.63, 3.8) is 0 Å². The van der Waals surface area contributed by atoms with E-state index in [1.165, 1.54) is 24.1 Å². The molecule has 0 aromatic carbocycles. The minimum absolute atomic E-state index is 0.561. The second-order valence-electron chi connectivity index (χ2n) is 5.80. The Morgan fingerprint density at radius 2 is 2.21 bits per heavy atom. The maximum atomic E-state index is 4.29. The second-order valence-corrected chi connectivity index (χ2v) is 5.80. The number of nitrogens with zero attached hydrogens (tertiary/aromatic N) is 2. The van der Waals surface area contributed by atoms with Crippen LogP contribution in [0.3, 0.4) is 0 Å². The molecule has 0 bridgehead atoms. The van der Waals surface area contributed by atoms with E-state index in [4.69, 9.17) is 0 Å².